The third kappa shape index (κ3) is 2.91. The van der Waals surface area contributed by atoms with Crippen LogP contribution in [-0.4, -0.2) is 11.5 Å². The summed E-state index contributed by atoms with van der Waals surface area (Å²) in [5, 5.41) is 0.660. The van der Waals surface area contributed by atoms with Crippen LogP contribution in [0, 0.1) is 13.8 Å². The van der Waals surface area contributed by atoms with E-state index in [1.165, 1.54) is 40.1 Å². The van der Waals surface area contributed by atoms with Gasteiger partial charge in [0, 0.05) is 23.3 Å². The van der Waals surface area contributed by atoms with Gasteiger partial charge in [0.1, 0.15) is 0 Å². The van der Waals surface area contributed by atoms with Gasteiger partial charge in [-0.1, -0.05) is 6.07 Å². The van der Waals surface area contributed by atoms with Gasteiger partial charge in [0.2, 0.25) is 0 Å². The number of aromatic nitrogens is 1. The summed E-state index contributed by atoms with van der Waals surface area (Å²) in [5.41, 5.74) is 11.4. The molecular weight excluding hydrogens is 290 g/mol. The van der Waals surface area contributed by atoms with Gasteiger partial charge in [-0.05, 0) is 49.4 Å². The number of halogens is 1. The molecule has 3 rings (SSSR count). The molecule has 0 unspecified atom stereocenters. The number of hydrogen-bond acceptors (Lipinski definition) is 4. The zero-order chi connectivity index (χ0) is 13.4. The fourth-order valence-electron chi connectivity index (χ4n) is 2.90. The number of nitrogens with zero attached hydrogens (tertiary/aromatic N) is 2. The molecule has 0 amide bonds. The van der Waals surface area contributed by atoms with E-state index < -0.39 is 0 Å². The van der Waals surface area contributed by atoms with Crippen molar-refractivity contribution in [3.63, 3.8) is 0 Å². The van der Waals surface area contributed by atoms with E-state index in [-0.39, 0.29) is 12.4 Å². The number of anilines is 2. The van der Waals surface area contributed by atoms with Gasteiger partial charge in [-0.3, -0.25) is 0 Å². The predicted octanol–water partition coefficient (Wildman–Crippen LogP) is 3.72. The van der Waals surface area contributed by atoms with E-state index in [0.29, 0.717) is 5.13 Å². The molecule has 5 heteroatoms. The Morgan fingerprint density at radius 3 is 2.85 bits per heavy atom. The molecule has 1 aromatic heterocycles. The lowest BCUT2D eigenvalue weighted by atomic mass is 9.95. The average Bonchev–Trinajstić information content (AvgIpc) is 2.76. The molecule has 0 spiro atoms. The van der Waals surface area contributed by atoms with Crippen molar-refractivity contribution in [3.05, 3.63) is 39.9 Å². The molecule has 3 nitrogen and oxygen atoms in total. The smallest absolute Gasteiger partial charge is 0.180 e. The largest absolute Gasteiger partial charge is 0.375 e. The Morgan fingerprint density at radius 1 is 1.35 bits per heavy atom. The van der Waals surface area contributed by atoms with Crippen LogP contribution in [0.2, 0.25) is 0 Å². The molecule has 108 valence electrons. The number of nitrogen functional groups attached to an aromatic ring is 1. The monoisotopic (exact) mass is 309 g/mol. The molecule has 0 aliphatic carbocycles. The van der Waals surface area contributed by atoms with E-state index in [2.05, 4.69) is 35.9 Å². The first kappa shape index (κ1) is 15.1. The molecule has 1 aliphatic heterocycles. The Morgan fingerprint density at radius 2 is 2.15 bits per heavy atom. The fourth-order valence-corrected chi connectivity index (χ4v) is 3.60. The van der Waals surface area contributed by atoms with Crippen molar-refractivity contribution in [3.8, 4) is 0 Å². The summed E-state index contributed by atoms with van der Waals surface area (Å²) in [6.45, 7) is 6.43. The summed E-state index contributed by atoms with van der Waals surface area (Å²) in [4.78, 5) is 7.85. The van der Waals surface area contributed by atoms with Gasteiger partial charge in [-0.25, -0.2) is 4.98 Å². The van der Waals surface area contributed by atoms with Crippen molar-refractivity contribution in [2.45, 2.75) is 33.2 Å². The number of aryl methyl sites for hydroxylation is 2. The Balaban J connectivity index is 0.00000147. The molecule has 0 radical (unpaired) electrons. The quantitative estimate of drug-likeness (QED) is 0.919. The minimum Gasteiger partial charge on any atom is -0.375 e. The van der Waals surface area contributed by atoms with E-state index in [0.717, 1.165) is 13.1 Å². The van der Waals surface area contributed by atoms with Gasteiger partial charge in [0.25, 0.3) is 0 Å². The normalized spacial score (nSPS) is 13.8. The fraction of sp³-hybridized carbons (Fsp3) is 0.400. The van der Waals surface area contributed by atoms with Crippen LogP contribution in [0.4, 0.5) is 10.8 Å². The number of nitrogens with two attached hydrogens (primary N) is 1. The van der Waals surface area contributed by atoms with Crippen molar-refractivity contribution >= 4 is 34.6 Å². The van der Waals surface area contributed by atoms with Gasteiger partial charge in [0.15, 0.2) is 5.13 Å². The molecular formula is C15H20ClN3S. The van der Waals surface area contributed by atoms with Crippen molar-refractivity contribution in [2.75, 3.05) is 17.2 Å². The molecule has 0 bridgehead atoms. The molecule has 0 atom stereocenters. The van der Waals surface area contributed by atoms with E-state index >= 15 is 0 Å². The van der Waals surface area contributed by atoms with Crippen molar-refractivity contribution < 1.29 is 0 Å². The maximum absolute atomic E-state index is 5.72. The van der Waals surface area contributed by atoms with Crippen LogP contribution in [0.15, 0.2) is 18.3 Å². The standard InChI is InChI=1S/C15H19N3S.ClH/c1-10-6-11(2)13-4-3-5-18(14(13)7-10)9-12-8-17-15(16)19-12;/h6-8H,3-5,9H2,1-2H3,(H2,16,17);1H. The molecule has 0 fully saturated rings. The second kappa shape index (κ2) is 6.02. The van der Waals surface area contributed by atoms with Crippen LogP contribution < -0.4 is 10.6 Å². The molecule has 1 aromatic carbocycles. The number of benzene rings is 1. The van der Waals surface area contributed by atoms with E-state index in [9.17, 15) is 0 Å². The topological polar surface area (TPSA) is 42.2 Å². The van der Waals surface area contributed by atoms with Crippen LogP contribution >= 0.6 is 23.7 Å². The number of fused-ring (bicyclic) bond motifs is 1. The number of rotatable bonds is 2. The lowest BCUT2D eigenvalue weighted by Crippen LogP contribution is -2.29. The van der Waals surface area contributed by atoms with Gasteiger partial charge in [-0.15, -0.1) is 23.7 Å². The molecule has 2 aromatic rings. The maximum atomic E-state index is 5.72. The minimum absolute atomic E-state index is 0. The average molecular weight is 310 g/mol. The first-order valence-corrected chi connectivity index (χ1v) is 7.50. The molecule has 20 heavy (non-hydrogen) atoms. The van der Waals surface area contributed by atoms with Gasteiger partial charge in [0.05, 0.1) is 6.54 Å². The van der Waals surface area contributed by atoms with Crippen LogP contribution in [-0.2, 0) is 13.0 Å². The SMILES string of the molecule is Cc1cc(C)c2c(c1)N(Cc1cnc(N)s1)CCC2.Cl. The highest BCUT2D eigenvalue weighted by atomic mass is 35.5. The summed E-state index contributed by atoms with van der Waals surface area (Å²) in [6, 6.07) is 4.60. The highest BCUT2D eigenvalue weighted by Crippen LogP contribution is 2.32. The zero-order valence-corrected chi connectivity index (χ0v) is 13.5. The van der Waals surface area contributed by atoms with Crippen LogP contribution in [0.25, 0.3) is 0 Å². The second-order valence-electron chi connectivity index (χ2n) is 5.27. The zero-order valence-electron chi connectivity index (χ0n) is 11.8. The Bertz CT molecular complexity index is 609. The molecule has 0 saturated heterocycles. The van der Waals surface area contributed by atoms with E-state index in [4.69, 9.17) is 5.73 Å². The Labute approximate surface area is 130 Å². The number of hydrogen-bond donors (Lipinski definition) is 1. The van der Waals surface area contributed by atoms with Crippen LogP contribution in [0.1, 0.15) is 28.0 Å². The van der Waals surface area contributed by atoms with Gasteiger partial charge < -0.3 is 10.6 Å². The minimum atomic E-state index is 0. The summed E-state index contributed by atoms with van der Waals surface area (Å²) in [5.74, 6) is 0. The summed E-state index contributed by atoms with van der Waals surface area (Å²) in [6.07, 6.45) is 4.32. The lowest BCUT2D eigenvalue weighted by molar-refractivity contribution is 0.691. The van der Waals surface area contributed by atoms with E-state index in [1.807, 2.05) is 6.20 Å². The lowest BCUT2D eigenvalue weighted by Gasteiger charge is -2.32. The predicted molar refractivity (Wildman–Crippen MR) is 89.1 cm³/mol. The number of thiazole rings is 1. The molecule has 1 aliphatic rings. The van der Waals surface area contributed by atoms with Gasteiger partial charge in [-0.2, -0.15) is 0 Å². The summed E-state index contributed by atoms with van der Waals surface area (Å²) in [7, 11) is 0. The van der Waals surface area contributed by atoms with E-state index in [1.54, 1.807) is 11.3 Å². The van der Waals surface area contributed by atoms with Crippen LogP contribution in [0.5, 0.6) is 0 Å². The third-order valence-corrected chi connectivity index (χ3v) is 4.52. The maximum Gasteiger partial charge on any atom is 0.180 e. The van der Waals surface area contributed by atoms with Crippen molar-refractivity contribution in [2.24, 2.45) is 0 Å². The first-order valence-electron chi connectivity index (χ1n) is 6.69. The van der Waals surface area contributed by atoms with Crippen LogP contribution in [0.3, 0.4) is 0 Å². The first-order chi connectivity index (χ1) is 9.13. The van der Waals surface area contributed by atoms with Crippen molar-refractivity contribution in [1.29, 1.82) is 0 Å². The third-order valence-electron chi connectivity index (χ3n) is 3.71. The van der Waals surface area contributed by atoms with Gasteiger partial charge >= 0.3 is 0 Å². The molecule has 0 saturated carbocycles. The van der Waals surface area contributed by atoms with Crippen molar-refractivity contribution in [1.82, 2.24) is 4.98 Å². The highest BCUT2D eigenvalue weighted by molar-refractivity contribution is 7.15. The molecule has 2 N–H and O–H groups in total. The molecule has 2 heterocycles. The highest BCUT2D eigenvalue weighted by Gasteiger charge is 2.19. The Kier molecular flexibility index (Phi) is 4.55. The summed E-state index contributed by atoms with van der Waals surface area (Å²) >= 11 is 1.59. The Hall–Kier alpha value is -1.26. The second-order valence-corrected chi connectivity index (χ2v) is 6.42. The summed E-state index contributed by atoms with van der Waals surface area (Å²) < 4.78 is 0.